The van der Waals surface area contributed by atoms with Gasteiger partial charge in [-0.2, -0.15) is 9.78 Å². The first-order valence-corrected chi connectivity index (χ1v) is 8.59. The Balaban J connectivity index is 2.00. The molecular formula is C18H19N3O2S. The Bertz CT molecular complexity index is 969. The quantitative estimate of drug-likeness (QED) is 0.681. The summed E-state index contributed by atoms with van der Waals surface area (Å²) < 4.78 is 6.78. The lowest BCUT2D eigenvalue weighted by Crippen LogP contribution is -2.20. The Labute approximate surface area is 144 Å². The predicted octanol–water partition coefficient (Wildman–Crippen LogP) is 3.66. The number of rotatable bonds is 4. The van der Waals surface area contributed by atoms with Crippen molar-refractivity contribution in [3.63, 3.8) is 0 Å². The minimum Gasteiger partial charge on any atom is -0.494 e. The van der Waals surface area contributed by atoms with Crippen molar-refractivity contribution in [2.75, 3.05) is 6.61 Å². The first kappa shape index (κ1) is 16.4. The monoisotopic (exact) mass is 341 g/mol. The summed E-state index contributed by atoms with van der Waals surface area (Å²) in [6.07, 6.45) is 1.66. The van der Waals surface area contributed by atoms with Crippen LogP contribution in [0, 0.1) is 20.8 Å². The first-order valence-electron chi connectivity index (χ1n) is 7.77. The third-order valence-corrected chi connectivity index (χ3v) is 4.96. The van der Waals surface area contributed by atoms with Crippen molar-refractivity contribution in [3.8, 4) is 5.75 Å². The molecule has 0 aliphatic heterocycles. The van der Waals surface area contributed by atoms with Gasteiger partial charge in [-0.05, 0) is 63.1 Å². The van der Waals surface area contributed by atoms with Gasteiger partial charge in [0.1, 0.15) is 16.4 Å². The SMILES string of the molecule is CCOc1ccc(C=Nn2c(C)nc3sc(C)c(C)c3c2=O)cc1. The average molecular weight is 341 g/mol. The number of nitrogens with zero attached hydrogens (tertiary/aromatic N) is 3. The van der Waals surface area contributed by atoms with Crippen LogP contribution < -0.4 is 10.3 Å². The minimum absolute atomic E-state index is 0.124. The third kappa shape index (κ3) is 2.97. The highest BCUT2D eigenvalue weighted by molar-refractivity contribution is 7.18. The molecule has 124 valence electrons. The van der Waals surface area contributed by atoms with Crippen LogP contribution in [0.3, 0.4) is 0 Å². The summed E-state index contributed by atoms with van der Waals surface area (Å²) in [6, 6.07) is 7.57. The van der Waals surface area contributed by atoms with E-state index in [1.54, 1.807) is 24.5 Å². The molecule has 0 fully saturated rings. The Kier molecular flexibility index (Phi) is 4.49. The second-order valence-corrected chi connectivity index (χ2v) is 6.69. The Hall–Kier alpha value is -2.47. The fourth-order valence-electron chi connectivity index (χ4n) is 2.46. The van der Waals surface area contributed by atoms with Crippen LogP contribution >= 0.6 is 11.3 Å². The van der Waals surface area contributed by atoms with Gasteiger partial charge in [0.25, 0.3) is 5.56 Å². The number of thiophene rings is 1. The fourth-order valence-corrected chi connectivity index (χ4v) is 3.53. The van der Waals surface area contributed by atoms with E-state index in [9.17, 15) is 4.79 Å². The predicted molar refractivity (Wildman–Crippen MR) is 98.7 cm³/mol. The molecule has 0 radical (unpaired) electrons. The van der Waals surface area contributed by atoms with Gasteiger partial charge in [-0.3, -0.25) is 4.79 Å². The van der Waals surface area contributed by atoms with E-state index in [-0.39, 0.29) is 5.56 Å². The number of aryl methyl sites for hydroxylation is 3. The number of hydrogen-bond donors (Lipinski definition) is 0. The Morgan fingerprint density at radius 2 is 1.96 bits per heavy atom. The molecule has 5 nitrogen and oxygen atoms in total. The van der Waals surface area contributed by atoms with E-state index in [0.717, 1.165) is 26.6 Å². The second-order valence-electron chi connectivity index (χ2n) is 5.49. The van der Waals surface area contributed by atoms with E-state index >= 15 is 0 Å². The molecule has 0 aliphatic carbocycles. The van der Waals surface area contributed by atoms with Crippen LogP contribution in [-0.2, 0) is 0 Å². The summed E-state index contributed by atoms with van der Waals surface area (Å²) in [5, 5.41) is 4.99. The summed E-state index contributed by atoms with van der Waals surface area (Å²) in [5.74, 6) is 1.39. The van der Waals surface area contributed by atoms with Gasteiger partial charge in [-0.1, -0.05) is 0 Å². The lowest BCUT2D eigenvalue weighted by atomic mass is 10.2. The van der Waals surface area contributed by atoms with Gasteiger partial charge in [0.2, 0.25) is 0 Å². The molecule has 24 heavy (non-hydrogen) atoms. The fraction of sp³-hybridized carbons (Fsp3) is 0.278. The van der Waals surface area contributed by atoms with Crippen molar-refractivity contribution >= 4 is 27.8 Å². The van der Waals surface area contributed by atoms with Crippen LogP contribution in [0.5, 0.6) is 5.75 Å². The number of hydrogen-bond acceptors (Lipinski definition) is 5. The smallest absolute Gasteiger partial charge is 0.283 e. The number of fused-ring (bicyclic) bond motifs is 1. The zero-order chi connectivity index (χ0) is 17.3. The molecule has 0 amide bonds. The highest BCUT2D eigenvalue weighted by Gasteiger charge is 2.14. The van der Waals surface area contributed by atoms with Crippen LogP contribution in [-0.4, -0.2) is 22.5 Å². The Morgan fingerprint density at radius 3 is 2.62 bits per heavy atom. The molecule has 3 rings (SSSR count). The highest BCUT2D eigenvalue weighted by atomic mass is 32.1. The molecule has 6 heteroatoms. The maximum Gasteiger partial charge on any atom is 0.283 e. The van der Waals surface area contributed by atoms with Crippen molar-refractivity contribution < 1.29 is 4.74 Å². The number of aromatic nitrogens is 2. The van der Waals surface area contributed by atoms with Crippen molar-refractivity contribution in [2.24, 2.45) is 5.10 Å². The van der Waals surface area contributed by atoms with Crippen LogP contribution in [0.4, 0.5) is 0 Å². The summed E-state index contributed by atoms with van der Waals surface area (Å²) in [5.41, 5.74) is 1.75. The van der Waals surface area contributed by atoms with Gasteiger partial charge in [0.15, 0.2) is 0 Å². The zero-order valence-corrected chi connectivity index (χ0v) is 15.0. The zero-order valence-electron chi connectivity index (χ0n) is 14.2. The highest BCUT2D eigenvalue weighted by Crippen LogP contribution is 2.26. The van der Waals surface area contributed by atoms with Gasteiger partial charge in [-0.15, -0.1) is 11.3 Å². The van der Waals surface area contributed by atoms with Gasteiger partial charge in [0.05, 0.1) is 18.2 Å². The maximum atomic E-state index is 12.7. The minimum atomic E-state index is -0.124. The second kappa shape index (κ2) is 6.57. The molecule has 2 aromatic heterocycles. The van der Waals surface area contributed by atoms with Crippen molar-refractivity contribution in [1.82, 2.24) is 9.66 Å². The molecule has 0 unspecified atom stereocenters. The summed E-state index contributed by atoms with van der Waals surface area (Å²) in [6.45, 7) is 8.33. The summed E-state index contributed by atoms with van der Waals surface area (Å²) in [4.78, 5) is 19.1. The van der Waals surface area contributed by atoms with E-state index in [0.29, 0.717) is 17.8 Å². The van der Waals surface area contributed by atoms with E-state index in [1.807, 2.05) is 45.0 Å². The van der Waals surface area contributed by atoms with Gasteiger partial charge in [0, 0.05) is 4.88 Å². The lowest BCUT2D eigenvalue weighted by Gasteiger charge is -2.04. The molecular weight excluding hydrogens is 322 g/mol. The molecule has 0 N–H and O–H groups in total. The molecule has 0 bridgehead atoms. The molecule has 3 aromatic rings. The number of benzene rings is 1. The molecule has 1 aromatic carbocycles. The molecule has 0 aliphatic rings. The largest absolute Gasteiger partial charge is 0.494 e. The normalized spacial score (nSPS) is 11.5. The van der Waals surface area contributed by atoms with Crippen LogP contribution in [0.1, 0.15) is 28.8 Å². The van der Waals surface area contributed by atoms with E-state index in [1.165, 1.54) is 4.68 Å². The van der Waals surface area contributed by atoms with Gasteiger partial charge in [-0.25, -0.2) is 4.98 Å². The topological polar surface area (TPSA) is 56.5 Å². The molecule has 2 heterocycles. The summed E-state index contributed by atoms with van der Waals surface area (Å²) in [7, 11) is 0. The third-order valence-electron chi connectivity index (χ3n) is 3.86. The van der Waals surface area contributed by atoms with Gasteiger partial charge >= 0.3 is 0 Å². The summed E-state index contributed by atoms with van der Waals surface area (Å²) >= 11 is 1.55. The molecule has 0 saturated carbocycles. The Morgan fingerprint density at radius 1 is 1.25 bits per heavy atom. The van der Waals surface area contributed by atoms with E-state index in [4.69, 9.17) is 4.74 Å². The number of ether oxygens (including phenoxy) is 1. The maximum absolute atomic E-state index is 12.7. The van der Waals surface area contributed by atoms with Crippen LogP contribution in [0.2, 0.25) is 0 Å². The van der Waals surface area contributed by atoms with E-state index in [2.05, 4.69) is 10.1 Å². The average Bonchev–Trinajstić information content (AvgIpc) is 2.83. The molecule has 0 saturated heterocycles. The van der Waals surface area contributed by atoms with Crippen LogP contribution in [0.15, 0.2) is 34.2 Å². The lowest BCUT2D eigenvalue weighted by molar-refractivity contribution is 0.340. The first-order chi connectivity index (χ1) is 11.5. The standard InChI is InChI=1S/C18H19N3O2S/c1-5-23-15-8-6-14(7-9-15)10-19-21-13(4)20-17-16(18(21)22)11(2)12(3)24-17/h6-10H,5H2,1-4H3. The van der Waals surface area contributed by atoms with Crippen molar-refractivity contribution in [1.29, 1.82) is 0 Å². The van der Waals surface area contributed by atoms with Crippen molar-refractivity contribution in [2.45, 2.75) is 27.7 Å². The van der Waals surface area contributed by atoms with Crippen molar-refractivity contribution in [3.05, 3.63) is 56.4 Å². The molecule has 0 atom stereocenters. The van der Waals surface area contributed by atoms with E-state index < -0.39 is 0 Å². The molecule has 0 spiro atoms. The van der Waals surface area contributed by atoms with Crippen LogP contribution in [0.25, 0.3) is 10.2 Å². The van der Waals surface area contributed by atoms with Gasteiger partial charge < -0.3 is 4.74 Å².